The molecule has 0 bridgehead atoms. The average Bonchev–Trinajstić information content (AvgIpc) is 2.38. The van der Waals surface area contributed by atoms with Gasteiger partial charge in [0.25, 0.3) is 5.56 Å². The number of aromatic nitrogens is 1. The molecule has 0 saturated heterocycles. The molecule has 4 heteroatoms. The summed E-state index contributed by atoms with van der Waals surface area (Å²) in [7, 11) is 0. The number of carbonyl (C=O) groups is 1. The van der Waals surface area contributed by atoms with Crippen molar-refractivity contribution in [1.29, 1.82) is 0 Å². The first kappa shape index (κ1) is 15.8. The van der Waals surface area contributed by atoms with Crippen molar-refractivity contribution in [2.24, 2.45) is 0 Å². The first-order valence-corrected chi connectivity index (χ1v) is 7.81. The zero-order chi connectivity index (χ0) is 15.6. The molecule has 21 heavy (non-hydrogen) atoms. The van der Waals surface area contributed by atoms with Gasteiger partial charge in [0, 0.05) is 17.3 Å². The molecular formula is C17H25NO3. The predicted molar refractivity (Wildman–Crippen MR) is 82.9 cm³/mol. The van der Waals surface area contributed by atoms with E-state index in [0.717, 1.165) is 31.4 Å². The van der Waals surface area contributed by atoms with Crippen molar-refractivity contribution in [2.45, 2.75) is 65.3 Å². The first-order chi connectivity index (χ1) is 9.90. The molecule has 0 unspecified atom stereocenters. The maximum Gasteiger partial charge on any atom is 0.340 e. The maximum atomic E-state index is 12.5. The highest BCUT2D eigenvalue weighted by Gasteiger charge is 2.32. The van der Waals surface area contributed by atoms with E-state index in [0.29, 0.717) is 17.7 Å². The normalized spacial score (nSPS) is 17.5. The van der Waals surface area contributed by atoms with Crippen LogP contribution in [-0.4, -0.2) is 17.1 Å². The van der Waals surface area contributed by atoms with Crippen molar-refractivity contribution in [2.75, 3.05) is 6.61 Å². The monoisotopic (exact) mass is 291 g/mol. The van der Waals surface area contributed by atoms with Crippen LogP contribution in [-0.2, 0) is 10.3 Å². The van der Waals surface area contributed by atoms with Crippen LogP contribution in [0.2, 0.25) is 0 Å². The molecule has 0 amide bonds. The molecule has 1 aliphatic rings. The summed E-state index contributed by atoms with van der Waals surface area (Å²) in [6, 6.07) is 1.57. The predicted octanol–water partition coefficient (Wildman–Crippen LogP) is 3.32. The minimum absolute atomic E-state index is 0.0116. The Hall–Kier alpha value is -1.58. The van der Waals surface area contributed by atoms with Gasteiger partial charge in [-0.05, 0) is 46.1 Å². The first-order valence-electron chi connectivity index (χ1n) is 7.81. The molecule has 116 valence electrons. The number of rotatable bonds is 3. The third kappa shape index (κ3) is 2.89. The summed E-state index contributed by atoms with van der Waals surface area (Å²) < 4.78 is 6.98. The van der Waals surface area contributed by atoms with Crippen LogP contribution in [0.4, 0.5) is 0 Å². The number of nitrogens with zero attached hydrogens (tertiary/aromatic N) is 1. The van der Waals surface area contributed by atoms with Gasteiger partial charge in [-0.1, -0.05) is 19.3 Å². The average molecular weight is 291 g/mol. The Bertz CT molecular complexity index is 595. The second-order valence-corrected chi connectivity index (χ2v) is 6.24. The number of hydrogen-bond acceptors (Lipinski definition) is 3. The fourth-order valence-electron chi connectivity index (χ4n) is 3.60. The highest BCUT2D eigenvalue weighted by molar-refractivity contribution is 5.92. The molecule has 2 rings (SSSR count). The van der Waals surface area contributed by atoms with Crippen molar-refractivity contribution in [3.05, 3.63) is 33.2 Å². The summed E-state index contributed by atoms with van der Waals surface area (Å²) in [6.45, 7) is 7.93. The second kappa shape index (κ2) is 6.04. The highest BCUT2D eigenvalue weighted by atomic mass is 16.5. The van der Waals surface area contributed by atoms with Gasteiger partial charge in [-0.25, -0.2) is 4.79 Å². The molecule has 0 N–H and O–H groups in total. The molecule has 0 aliphatic heterocycles. The zero-order valence-electron chi connectivity index (χ0n) is 13.5. The molecule has 1 aromatic heterocycles. The summed E-state index contributed by atoms with van der Waals surface area (Å²) >= 11 is 0. The Kier molecular flexibility index (Phi) is 4.55. The van der Waals surface area contributed by atoms with E-state index in [1.165, 1.54) is 6.42 Å². The lowest BCUT2D eigenvalue weighted by molar-refractivity contribution is 0.0522. The Morgan fingerprint density at radius 3 is 2.48 bits per heavy atom. The van der Waals surface area contributed by atoms with Gasteiger partial charge in [-0.15, -0.1) is 0 Å². The Morgan fingerprint density at radius 1 is 1.29 bits per heavy atom. The molecule has 1 heterocycles. The standard InChI is InChI=1S/C17H25NO3/c1-5-21-16(20)15-12(2)11-14(19)18(13(15)3)17(4)9-7-6-8-10-17/h11H,5-10H2,1-4H3. The summed E-state index contributed by atoms with van der Waals surface area (Å²) in [5.74, 6) is -0.333. The highest BCUT2D eigenvalue weighted by Crippen LogP contribution is 2.35. The van der Waals surface area contributed by atoms with Gasteiger partial charge in [0.1, 0.15) is 0 Å². The Morgan fingerprint density at radius 2 is 1.90 bits per heavy atom. The van der Waals surface area contributed by atoms with E-state index in [9.17, 15) is 9.59 Å². The van der Waals surface area contributed by atoms with Gasteiger partial charge in [0.15, 0.2) is 0 Å². The number of esters is 1. The Balaban J connectivity index is 2.59. The van der Waals surface area contributed by atoms with E-state index in [1.807, 2.05) is 11.5 Å². The van der Waals surface area contributed by atoms with Crippen molar-refractivity contribution in [3.63, 3.8) is 0 Å². The third-order valence-corrected chi connectivity index (χ3v) is 4.60. The van der Waals surface area contributed by atoms with Gasteiger partial charge in [0.05, 0.1) is 12.2 Å². The summed E-state index contributed by atoms with van der Waals surface area (Å²) in [5, 5.41) is 0. The van der Waals surface area contributed by atoms with E-state index in [-0.39, 0.29) is 17.1 Å². The summed E-state index contributed by atoms with van der Waals surface area (Å²) in [6.07, 6.45) is 5.45. The lowest BCUT2D eigenvalue weighted by Crippen LogP contribution is -2.42. The van der Waals surface area contributed by atoms with Crippen molar-refractivity contribution >= 4 is 5.97 Å². The SMILES string of the molecule is CCOC(=O)c1c(C)cc(=O)n(C2(C)CCCCC2)c1C. The van der Waals surface area contributed by atoms with Gasteiger partial charge in [-0.3, -0.25) is 4.79 Å². The van der Waals surface area contributed by atoms with E-state index >= 15 is 0 Å². The summed E-state index contributed by atoms with van der Waals surface area (Å²) in [4.78, 5) is 24.7. The minimum atomic E-state index is -0.333. The van der Waals surface area contributed by atoms with Gasteiger partial charge in [-0.2, -0.15) is 0 Å². The molecule has 0 atom stereocenters. The molecule has 1 aliphatic carbocycles. The van der Waals surface area contributed by atoms with Crippen molar-refractivity contribution in [3.8, 4) is 0 Å². The van der Waals surface area contributed by atoms with Crippen LogP contribution in [0.25, 0.3) is 0 Å². The fourth-order valence-corrected chi connectivity index (χ4v) is 3.60. The van der Waals surface area contributed by atoms with E-state index in [4.69, 9.17) is 4.74 Å². The second-order valence-electron chi connectivity index (χ2n) is 6.24. The fraction of sp³-hybridized carbons (Fsp3) is 0.647. The molecule has 1 saturated carbocycles. The number of carbonyl (C=O) groups excluding carboxylic acids is 1. The van der Waals surface area contributed by atoms with Crippen LogP contribution in [0.1, 0.15) is 67.6 Å². The summed E-state index contributed by atoms with van der Waals surface area (Å²) in [5.41, 5.74) is 1.79. The van der Waals surface area contributed by atoms with Crippen LogP contribution < -0.4 is 5.56 Å². The number of hydrogen-bond donors (Lipinski definition) is 0. The maximum absolute atomic E-state index is 12.5. The van der Waals surface area contributed by atoms with Crippen LogP contribution in [0.15, 0.2) is 10.9 Å². The minimum Gasteiger partial charge on any atom is -0.462 e. The van der Waals surface area contributed by atoms with Crippen molar-refractivity contribution in [1.82, 2.24) is 4.57 Å². The molecule has 1 aromatic rings. The largest absolute Gasteiger partial charge is 0.462 e. The molecular weight excluding hydrogens is 266 g/mol. The van der Waals surface area contributed by atoms with E-state index in [2.05, 4.69) is 6.92 Å². The van der Waals surface area contributed by atoms with Crippen LogP contribution in [0, 0.1) is 13.8 Å². The lowest BCUT2D eigenvalue weighted by Gasteiger charge is -2.37. The molecule has 0 aromatic carbocycles. The molecule has 4 nitrogen and oxygen atoms in total. The zero-order valence-corrected chi connectivity index (χ0v) is 13.5. The van der Waals surface area contributed by atoms with Crippen LogP contribution in [0.5, 0.6) is 0 Å². The van der Waals surface area contributed by atoms with E-state index in [1.54, 1.807) is 19.9 Å². The van der Waals surface area contributed by atoms with E-state index < -0.39 is 0 Å². The molecule has 0 radical (unpaired) electrons. The van der Waals surface area contributed by atoms with Gasteiger partial charge >= 0.3 is 5.97 Å². The number of aryl methyl sites for hydroxylation is 1. The van der Waals surface area contributed by atoms with Gasteiger partial charge < -0.3 is 9.30 Å². The quantitative estimate of drug-likeness (QED) is 0.803. The van der Waals surface area contributed by atoms with Crippen molar-refractivity contribution < 1.29 is 9.53 Å². The number of pyridine rings is 1. The molecule has 1 fully saturated rings. The number of ether oxygens (including phenoxy) is 1. The van der Waals surface area contributed by atoms with Crippen LogP contribution in [0.3, 0.4) is 0 Å². The smallest absolute Gasteiger partial charge is 0.340 e. The third-order valence-electron chi connectivity index (χ3n) is 4.60. The van der Waals surface area contributed by atoms with Crippen LogP contribution >= 0.6 is 0 Å². The lowest BCUT2D eigenvalue weighted by atomic mass is 9.82. The molecule has 0 spiro atoms. The topological polar surface area (TPSA) is 48.3 Å². The van der Waals surface area contributed by atoms with Gasteiger partial charge in [0.2, 0.25) is 0 Å². The Labute approximate surface area is 126 Å².